The second-order valence-corrected chi connectivity index (χ2v) is 9.04. The average Bonchev–Trinajstić information content (AvgIpc) is 3.35. The van der Waals surface area contributed by atoms with Crippen LogP contribution >= 0.6 is 11.6 Å². The van der Waals surface area contributed by atoms with Crippen LogP contribution in [-0.2, 0) is 4.79 Å². The molecule has 1 aromatic heterocycles. The van der Waals surface area contributed by atoms with Crippen LogP contribution in [0.4, 0.5) is 5.69 Å². The minimum absolute atomic E-state index is 0.00190. The zero-order chi connectivity index (χ0) is 24.2. The lowest BCUT2D eigenvalue weighted by atomic mass is 9.95. The highest BCUT2D eigenvalue weighted by Gasteiger charge is 2.30. The minimum atomic E-state index is -0.123. The highest BCUT2D eigenvalue weighted by molar-refractivity contribution is 6.30. The van der Waals surface area contributed by atoms with Crippen LogP contribution in [0.1, 0.15) is 23.2 Å². The van der Waals surface area contributed by atoms with Gasteiger partial charge in [-0.3, -0.25) is 9.59 Å². The van der Waals surface area contributed by atoms with Crippen LogP contribution in [0.25, 0.3) is 16.9 Å². The number of aromatic nitrogens is 2. The quantitative estimate of drug-likeness (QED) is 0.396. The first-order chi connectivity index (χ1) is 17.1. The molecule has 2 heterocycles. The van der Waals surface area contributed by atoms with E-state index in [1.54, 1.807) is 23.0 Å². The van der Waals surface area contributed by atoms with E-state index in [-0.39, 0.29) is 17.7 Å². The Morgan fingerprint density at radius 1 is 0.857 bits per heavy atom. The number of nitrogens with one attached hydrogen (secondary N) is 1. The van der Waals surface area contributed by atoms with Gasteiger partial charge in [-0.15, -0.1) is 0 Å². The minimum Gasteiger partial charge on any atom is -0.338 e. The van der Waals surface area contributed by atoms with Gasteiger partial charge < -0.3 is 10.2 Å². The van der Waals surface area contributed by atoms with Crippen molar-refractivity contribution in [2.45, 2.75) is 12.8 Å². The number of rotatable bonds is 5. The third-order valence-corrected chi connectivity index (χ3v) is 6.53. The van der Waals surface area contributed by atoms with Gasteiger partial charge in [-0.2, -0.15) is 5.10 Å². The van der Waals surface area contributed by atoms with Crippen molar-refractivity contribution in [1.82, 2.24) is 14.7 Å². The lowest BCUT2D eigenvalue weighted by molar-refractivity contribution is -0.121. The molecule has 1 aliphatic heterocycles. The highest BCUT2D eigenvalue weighted by Crippen LogP contribution is 2.28. The van der Waals surface area contributed by atoms with Crippen LogP contribution in [0.2, 0.25) is 5.02 Å². The van der Waals surface area contributed by atoms with Gasteiger partial charge in [0.25, 0.3) is 5.91 Å². The van der Waals surface area contributed by atoms with Crippen molar-refractivity contribution in [3.05, 3.63) is 102 Å². The van der Waals surface area contributed by atoms with Gasteiger partial charge in [-0.25, -0.2) is 4.68 Å². The first kappa shape index (κ1) is 22.9. The smallest absolute Gasteiger partial charge is 0.257 e. The van der Waals surface area contributed by atoms with Gasteiger partial charge in [0, 0.05) is 41.5 Å². The van der Waals surface area contributed by atoms with Gasteiger partial charge in [0.1, 0.15) is 5.69 Å². The molecular formula is C28H25ClN4O2. The summed E-state index contributed by atoms with van der Waals surface area (Å²) in [6.07, 6.45) is 3.02. The molecule has 3 aromatic carbocycles. The third-order valence-electron chi connectivity index (χ3n) is 6.28. The van der Waals surface area contributed by atoms with Crippen LogP contribution in [0, 0.1) is 5.92 Å². The molecule has 6 nitrogen and oxygen atoms in total. The molecule has 35 heavy (non-hydrogen) atoms. The molecule has 0 aliphatic carbocycles. The van der Waals surface area contributed by atoms with E-state index in [1.807, 2.05) is 77.7 Å². The maximum Gasteiger partial charge on any atom is 0.257 e. The van der Waals surface area contributed by atoms with E-state index in [1.165, 1.54) is 0 Å². The molecule has 2 amide bonds. The van der Waals surface area contributed by atoms with Crippen LogP contribution < -0.4 is 5.32 Å². The highest BCUT2D eigenvalue weighted by atomic mass is 35.5. The fourth-order valence-electron chi connectivity index (χ4n) is 4.35. The monoisotopic (exact) mass is 484 g/mol. The molecular weight excluding hydrogens is 460 g/mol. The second-order valence-electron chi connectivity index (χ2n) is 8.60. The van der Waals surface area contributed by atoms with Gasteiger partial charge in [0.05, 0.1) is 11.3 Å². The Bertz CT molecular complexity index is 1310. The predicted molar refractivity (Wildman–Crippen MR) is 138 cm³/mol. The molecule has 0 saturated carbocycles. The molecule has 1 N–H and O–H groups in total. The Kier molecular flexibility index (Phi) is 6.64. The maximum absolute atomic E-state index is 13.6. The summed E-state index contributed by atoms with van der Waals surface area (Å²) >= 11 is 6.08. The maximum atomic E-state index is 13.6. The van der Waals surface area contributed by atoms with Gasteiger partial charge in [-0.05, 0) is 49.2 Å². The fourth-order valence-corrected chi connectivity index (χ4v) is 4.47. The molecule has 5 rings (SSSR count). The number of piperidine rings is 1. The predicted octanol–water partition coefficient (Wildman–Crippen LogP) is 5.68. The summed E-state index contributed by atoms with van der Waals surface area (Å²) < 4.78 is 1.73. The molecule has 0 atom stereocenters. The molecule has 1 fully saturated rings. The van der Waals surface area contributed by atoms with Crippen molar-refractivity contribution in [3.8, 4) is 16.9 Å². The summed E-state index contributed by atoms with van der Waals surface area (Å²) in [4.78, 5) is 28.1. The summed E-state index contributed by atoms with van der Waals surface area (Å²) in [5.74, 6) is -0.205. The Morgan fingerprint density at radius 2 is 1.49 bits per heavy atom. The number of hydrogen-bond donors (Lipinski definition) is 1. The average molecular weight is 485 g/mol. The summed E-state index contributed by atoms with van der Waals surface area (Å²) in [5.41, 5.74) is 3.63. The zero-order valence-electron chi connectivity index (χ0n) is 19.1. The largest absolute Gasteiger partial charge is 0.338 e. The van der Waals surface area contributed by atoms with Crippen LogP contribution in [-0.4, -0.2) is 39.6 Å². The summed E-state index contributed by atoms with van der Waals surface area (Å²) in [7, 11) is 0. The number of anilines is 1. The van der Waals surface area contributed by atoms with Gasteiger partial charge in [0.15, 0.2) is 0 Å². The van der Waals surface area contributed by atoms with Crippen molar-refractivity contribution in [2.75, 3.05) is 18.4 Å². The number of carbonyl (C=O) groups is 2. The van der Waals surface area contributed by atoms with E-state index in [0.717, 1.165) is 16.9 Å². The summed E-state index contributed by atoms with van der Waals surface area (Å²) in [6.45, 7) is 1.03. The third kappa shape index (κ3) is 5.12. The van der Waals surface area contributed by atoms with Crippen LogP contribution in [0.5, 0.6) is 0 Å². The Morgan fingerprint density at radius 3 is 2.14 bits per heavy atom. The van der Waals surface area contributed by atoms with E-state index in [2.05, 4.69) is 5.32 Å². The van der Waals surface area contributed by atoms with Crippen molar-refractivity contribution in [1.29, 1.82) is 0 Å². The first-order valence-electron chi connectivity index (χ1n) is 11.6. The van der Waals surface area contributed by atoms with E-state index in [9.17, 15) is 9.59 Å². The lowest BCUT2D eigenvalue weighted by Gasteiger charge is -2.31. The van der Waals surface area contributed by atoms with Crippen LogP contribution in [0.15, 0.2) is 91.1 Å². The molecule has 1 aliphatic rings. The van der Waals surface area contributed by atoms with E-state index in [4.69, 9.17) is 16.7 Å². The number of nitrogens with zero attached hydrogens (tertiary/aromatic N) is 3. The summed E-state index contributed by atoms with van der Waals surface area (Å²) in [6, 6.07) is 26.5. The molecule has 0 unspecified atom stereocenters. The molecule has 0 bridgehead atoms. The number of carbonyl (C=O) groups excluding carboxylic acids is 2. The number of para-hydroxylation sites is 2. The topological polar surface area (TPSA) is 67.2 Å². The number of likely N-dealkylation sites (tertiary alicyclic amines) is 1. The Hall–Kier alpha value is -3.90. The summed E-state index contributed by atoms with van der Waals surface area (Å²) in [5, 5.41) is 8.35. The van der Waals surface area contributed by atoms with Crippen molar-refractivity contribution >= 4 is 29.1 Å². The van der Waals surface area contributed by atoms with Crippen molar-refractivity contribution in [2.24, 2.45) is 5.92 Å². The lowest BCUT2D eigenvalue weighted by Crippen LogP contribution is -2.41. The van der Waals surface area contributed by atoms with Gasteiger partial charge >= 0.3 is 0 Å². The van der Waals surface area contributed by atoms with Crippen LogP contribution in [0.3, 0.4) is 0 Å². The normalized spacial score (nSPS) is 14.0. The molecule has 7 heteroatoms. The van der Waals surface area contributed by atoms with Crippen molar-refractivity contribution < 1.29 is 9.59 Å². The van der Waals surface area contributed by atoms with E-state index in [0.29, 0.717) is 42.2 Å². The van der Waals surface area contributed by atoms with E-state index >= 15 is 0 Å². The number of benzene rings is 3. The molecule has 0 spiro atoms. The SMILES string of the molecule is O=C(Nc1ccccc1)C1CCN(C(=O)c2cn(-c3ccccc3)nc2-c2ccc(Cl)cc2)CC1. The zero-order valence-corrected chi connectivity index (χ0v) is 19.9. The van der Waals surface area contributed by atoms with Crippen molar-refractivity contribution in [3.63, 3.8) is 0 Å². The number of halogens is 1. The molecule has 0 radical (unpaired) electrons. The fraction of sp³-hybridized carbons (Fsp3) is 0.179. The first-order valence-corrected chi connectivity index (χ1v) is 12.0. The second kappa shape index (κ2) is 10.2. The number of hydrogen-bond acceptors (Lipinski definition) is 3. The van der Waals surface area contributed by atoms with Gasteiger partial charge in [0.2, 0.25) is 5.91 Å². The Labute approximate surface area is 209 Å². The molecule has 1 saturated heterocycles. The standard InChI is InChI=1S/C28H25ClN4O2/c29-22-13-11-20(12-14-22)26-25(19-33(31-26)24-9-5-2-6-10-24)28(35)32-17-15-21(16-18-32)27(34)30-23-7-3-1-4-8-23/h1-14,19,21H,15-18H2,(H,30,34). The number of amides is 2. The Balaban J connectivity index is 1.35. The van der Waals surface area contributed by atoms with Gasteiger partial charge in [-0.1, -0.05) is 60.1 Å². The molecule has 176 valence electrons. The molecule has 4 aromatic rings. The van der Waals surface area contributed by atoms with E-state index < -0.39 is 0 Å².